The first-order valence-electron chi connectivity index (χ1n) is 7.71. The molecule has 0 atom stereocenters. The van der Waals surface area contributed by atoms with Crippen LogP contribution in [0.4, 0.5) is 5.69 Å². The molecule has 1 aliphatic rings. The average molecular weight is 306 g/mol. The van der Waals surface area contributed by atoms with Crippen LogP contribution in [0, 0.1) is 0 Å². The van der Waals surface area contributed by atoms with Crippen molar-refractivity contribution in [1.29, 1.82) is 0 Å². The van der Waals surface area contributed by atoms with Gasteiger partial charge in [0.2, 0.25) is 5.91 Å². The van der Waals surface area contributed by atoms with Gasteiger partial charge in [0.25, 0.3) is 0 Å². The predicted octanol–water partition coefficient (Wildman–Crippen LogP) is 0.234. The Morgan fingerprint density at radius 3 is 2.55 bits per heavy atom. The fourth-order valence-electron chi connectivity index (χ4n) is 2.50. The quantitative estimate of drug-likeness (QED) is 0.815. The molecule has 6 nitrogen and oxygen atoms in total. The predicted molar refractivity (Wildman–Crippen MR) is 88.3 cm³/mol. The van der Waals surface area contributed by atoms with Crippen molar-refractivity contribution in [2.75, 3.05) is 64.9 Å². The van der Waals surface area contributed by atoms with Crippen LogP contribution < -0.4 is 15.4 Å². The number of carbonyl (C=O) groups excluding carboxylic acids is 1. The van der Waals surface area contributed by atoms with E-state index >= 15 is 0 Å². The van der Waals surface area contributed by atoms with Crippen LogP contribution in [0.1, 0.15) is 0 Å². The van der Waals surface area contributed by atoms with Gasteiger partial charge >= 0.3 is 0 Å². The van der Waals surface area contributed by atoms with Gasteiger partial charge in [0, 0.05) is 32.7 Å². The van der Waals surface area contributed by atoms with Crippen LogP contribution in [-0.2, 0) is 4.79 Å². The van der Waals surface area contributed by atoms with Crippen molar-refractivity contribution < 1.29 is 9.53 Å². The zero-order valence-corrected chi connectivity index (χ0v) is 13.5. The van der Waals surface area contributed by atoms with E-state index in [1.165, 1.54) is 0 Å². The van der Waals surface area contributed by atoms with Gasteiger partial charge in [-0.1, -0.05) is 12.1 Å². The molecular formula is C16H26N4O2. The molecule has 1 heterocycles. The van der Waals surface area contributed by atoms with Crippen molar-refractivity contribution in [3.05, 3.63) is 24.3 Å². The number of para-hydroxylation sites is 2. The van der Waals surface area contributed by atoms with Gasteiger partial charge in [-0.3, -0.25) is 4.79 Å². The van der Waals surface area contributed by atoms with E-state index in [1.54, 1.807) is 0 Å². The smallest absolute Gasteiger partial charge is 0.236 e. The fraction of sp³-hybridized carbons (Fsp3) is 0.562. The maximum atomic E-state index is 11.6. The van der Waals surface area contributed by atoms with Gasteiger partial charge in [-0.05, 0) is 26.2 Å². The van der Waals surface area contributed by atoms with Crippen LogP contribution in [0.5, 0.6) is 5.75 Å². The maximum Gasteiger partial charge on any atom is 0.236 e. The summed E-state index contributed by atoms with van der Waals surface area (Å²) in [6.07, 6.45) is 0. The highest BCUT2D eigenvalue weighted by molar-refractivity contribution is 5.78. The standard InChI is InChI=1S/C16H26N4O2/c1-18(2)11-12-22-15-6-4-3-5-14(15)19-7-9-20(10-8-19)16(21)13-17/h3-6H,7-13,17H2,1-2H3. The van der Waals surface area contributed by atoms with E-state index in [0.717, 1.165) is 31.1 Å². The van der Waals surface area contributed by atoms with Crippen LogP contribution in [-0.4, -0.2) is 75.7 Å². The molecule has 1 aliphatic heterocycles. The minimum atomic E-state index is 0.0233. The molecule has 0 aromatic heterocycles. The largest absolute Gasteiger partial charge is 0.490 e. The van der Waals surface area contributed by atoms with E-state index in [-0.39, 0.29) is 12.5 Å². The Labute approximate surface area is 132 Å². The van der Waals surface area contributed by atoms with Gasteiger partial charge in [-0.15, -0.1) is 0 Å². The van der Waals surface area contributed by atoms with Gasteiger partial charge in [0.15, 0.2) is 0 Å². The van der Waals surface area contributed by atoms with E-state index in [2.05, 4.69) is 15.9 Å². The first-order chi connectivity index (χ1) is 10.6. The number of nitrogens with zero attached hydrogens (tertiary/aromatic N) is 3. The molecule has 0 aliphatic carbocycles. The summed E-state index contributed by atoms with van der Waals surface area (Å²) in [5.41, 5.74) is 6.52. The monoisotopic (exact) mass is 306 g/mol. The number of nitrogens with two attached hydrogens (primary N) is 1. The SMILES string of the molecule is CN(C)CCOc1ccccc1N1CCN(C(=O)CN)CC1. The van der Waals surface area contributed by atoms with E-state index in [0.29, 0.717) is 19.7 Å². The van der Waals surface area contributed by atoms with Crippen LogP contribution in [0.3, 0.4) is 0 Å². The molecule has 0 saturated carbocycles. The van der Waals surface area contributed by atoms with Gasteiger partial charge in [0.1, 0.15) is 12.4 Å². The minimum absolute atomic E-state index is 0.0233. The Balaban J connectivity index is 1.96. The second kappa shape index (κ2) is 8.00. The number of likely N-dealkylation sites (N-methyl/N-ethyl adjacent to an activating group) is 1. The molecule has 0 radical (unpaired) electrons. The lowest BCUT2D eigenvalue weighted by Crippen LogP contribution is -2.50. The molecule has 1 aromatic rings. The van der Waals surface area contributed by atoms with Gasteiger partial charge < -0.3 is 25.2 Å². The normalized spacial score (nSPS) is 15.3. The highest BCUT2D eigenvalue weighted by Gasteiger charge is 2.22. The summed E-state index contributed by atoms with van der Waals surface area (Å²) in [6.45, 7) is 4.66. The lowest BCUT2D eigenvalue weighted by molar-refractivity contribution is -0.129. The third-order valence-corrected chi connectivity index (χ3v) is 3.81. The number of hydrogen-bond acceptors (Lipinski definition) is 5. The topological polar surface area (TPSA) is 62.0 Å². The molecule has 0 spiro atoms. The molecule has 122 valence electrons. The first-order valence-corrected chi connectivity index (χ1v) is 7.71. The lowest BCUT2D eigenvalue weighted by atomic mass is 10.2. The van der Waals surface area contributed by atoms with Crippen molar-refractivity contribution in [3.63, 3.8) is 0 Å². The van der Waals surface area contributed by atoms with Crippen LogP contribution in [0.2, 0.25) is 0 Å². The highest BCUT2D eigenvalue weighted by Crippen LogP contribution is 2.28. The molecule has 1 amide bonds. The third kappa shape index (κ3) is 4.35. The number of ether oxygens (including phenoxy) is 1. The van der Waals surface area contributed by atoms with E-state index in [4.69, 9.17) is 10.5 Å². The summed E-state index contributed by atoms with van der Waals surface area (Å²) >= 11 is 0. The van der Waals surface area contributed by atoms with Gasteiger partial charge in [0.05, 0.1) is 12.2 Å². The second-order valence-electron chi connectivity index (χ2n) is 5.69. The molecular weight excluding hydrogens is 280 g/mol. The summed E-state index contributed by atoms with van der Waals surface area (Å²) in [4.78, 5) is 17.8. The number of anilines is 1. The summed E-state index contributed by atoms with van der Waals surface area (Å²) in [6, 6.07) is 8.09. The Morgan fingerprint density at radius 2 is 1.91 bits per heavy atom. The zero-order chi connectivity index (χ0) is 15.9. The fourth-order valence-corrected chi connectivity index (χ4v) is 2.50. The molecule has 1 fully saturated rings. The molecule has 6 heteroatoms. The number of hydrogen-bond donors (Lipinski definition) is 1. The molecule has 0 unspecified atom stereocenters. The molecule has 0 bridgehead atoms. The van der Waals surface area contributed by atoms with E-state index in [1.807, 2.05) is 37.2 Å². The van der Waals surface area contributed by atoms with E-state index in [9.17, 15) is 4.79 Å². The first kappa shape index (κ1) is 16.6. The Bertz CT molecular complexity index is 485. The van der Waals surface area contributed by atoms with Crippen LogP contribution in [0.25, 0.3) is 0 Å². The van der Waals surface area contributed by atoms with Crippen LogP contribution in [0.15, 0.2) is 24.3 Å². The van der Waals surface area contributed by atoms with Gasteiger partial charge in [-0.2, -0.15) is 0 Å². The molecule has 2 N–H and O–H groups in total. The summed E-state index contributed by atoms with van der Waals surface area (Å²) in [7, 11) is 4.06. The second-order valence-corrected chi connectivity index (χ2v) is 5.69. The van der Waals surface area contributed by atoms with Crippen molar-refractivity contribution in [2.24, 2.45) is 5.73 Å². The number of rotatable bonds is 6. The summed E-state index contributed by atoms with van der Waals surface area (Å²) in [5.74, 6) is 0.929. The van der Waals surface area contributed by atoms with Crippen molar-refractivity contribution in [1.82, 2.24) is 9.80 Å². The third-order valence-electron chi connectivity index (χ3n) is 3.81. The highest BCUT2D eigenvalue weighted by atomic mass is 16.5. The van der Waals surface area contributed by atoms with Gasteiger partial charge in [-0.25, -0.2) is 0 Å². The summed E-state index contributed by atoms with van der Waals surface area (Å²) < 4.78 is 5.91. The molecule has 2 rings (SSSR count). The van der Waals surface area contributed by atoms with Crippen molar-refractivity contribution in [3.8, 4) is 5.75 Å². The van der Waals surface area contributed by atoms with Crippen molar-refractivity contribution >= 4 is 11.6 Å². The number of piperazine rings is 1. The van der Waals surface area contributed by atoms with E-state index < -0.39 is 0 Å². The number of benzene rings is 1. The minimum Gasteiger partial charge on any atom is -0.490 e. The summed E-state index contributed by atoms with van der Waals surface area (Å²) in [5, 5.41) is 0. The van der Waals surface area contributed by atoms with Crippen LogP contribution >= 0.6 is 0 Å². The van der Waals surface area contributed by atoms with Crippen molar-refractivity contribution in [2.45, 2.75) is 0 Å². The Kier molecular flexibility index (Phi) is 6.03. The zero-order valence-electron chi connectivity index (χ0n) is 13.5. The molecule has 1 aromatic carbocycles. The average Bonchev–Trinajstić information content (AvgIpc) is 2.54. The Morgan fingerprint density at radius 1 is 1.23 bits per heavy atom. The lowest BCUT2D eigenvalue weighted by Gasteiger charge is -2.36. The number of amides is 1. The maximum absolute atomic E-state index is 11.6. The Hall–Kier alpha value is -1.79. The molecule has 22 heavy (non-hydrogen) atoms. The number of carbonyl (C=O) groups is 1. The molecule has 1 saturated heterocycles.